The zero-order valence-corrected chi connectivity index (χ0v) is 12.5. The molecule has 0 unspecified atom stereocenters. The maximum absolute atomic E-state index is 13.0. The first-order chi connectivity index (χ1) is 10.0. The summed E-state index contributed by atoms with van der Waals surface area (Å²) in [6.07, 6.45) is 1.06. The molecule has 3 heterocycles. The third kappa shape index (κ3) is 2.82. The van der Waals surface area contributed by atoms with Crippen molar-refractivity contribution in [2.24, 2.45) is 0 Å². The molecule has 1 fully saturated rings. The standard InChI is InChI=1S/C16H19FN4/c1-11-4-5-18-14(6-11)20(3)15-7-12(2)8-16(19-15)21-9-13(17)10-21/h4-8,13H,9-10H2,1-3H3. The van der Waals surface area contributed by atoms with Gasteiger partial charge in [-0.05, 0) is 49.2 Å². The molecule has 4 nitrogen and oxygen atoms in total. The summed E-state index contributed by atoms with van der Waals surface area (Å²) in [6, 6.07) is 7.99. The Balaban J connectivity index is 1.91. The number of rotatable bonds is 3. The number of anilines is 3. The van der Waals surface area contributed by atoms with Gasteiger partial charge in [0, 0.05) is 13.2 Å². The highest BCUT2D eigenvalue weighted by Gasteiger charge is 2.27. The van der Waals surface area contributed by atoms with Gasteiger partial charge in [0.15, 0.2) is 0 Å². The predicted octanol–water partition coefficient (Wildman–Crippen LogP) is 3.02. The Bertz CT molecular complexity index is 652. The summed E-state index contributed by atoms with van der Waals surface area (Å²) >= 11 is 0. The SMILES string of the molecule is Cc1ccnc(N(C)c2cc(C)cc(N3CC(F)C3)n2)c1. The molecule has 21 heavy (non-hydrogen) atoms. The van der Waals surface area contributed by atoms with E-state index in [1.165, 1.54) is 0 Å². The van der Waals surface area contributed by atoms with Gasteiger partial charge in [-0.15, -0.1) is 0 Å². The Kier molecular flexibility index (Phi) is 3.49. The number of hydrogen-bond acceptors (Lipinski definition) is 4. The van der Waals surface area contributed by atoms with Gasteiger partial charge >= 0.3 is 0 Å². The zero-order valence-electron chi connectivity index (χ0n) is 12.5. The van der Waals surface area contributed by atoms with Crippen LogP contribution in [0, 0.1) is 13.8 Å². The van der Waals surface area contributed by atoms with Gasteiger partial charge < -0.3 is 9.80 Å². The summed E-state index contributed by atoms with van der Waals surface area (Å²) in [6.45, 7) is 4.93. The molecule has 1 aliphatic rings. The molecule has 0 atom stereocenters. The predicted molar refractivity (Wildman–Crippen MR) is 83.1 cm³/mol. The first-order valence-corrected chi connectivity index (χ1v) is 7.07. The summed E-state index contributed by atoms with van der Waals surface area (Å²) in [5.74, 6) is 2.51. The van der Waals surface area contributed by atoms with Gasteiger partial charge in [0.05, 0.1) is 13.1 Å². The van der Waals surface area contributed by atoms with Crippen LogP contribution in [0.1, 0.15) is 11.1 Å². The van der Waals surface area contributed by atoms with Crippen molar-refractivity contribution in [1.82, 2.24) is 9.97 Å². The summed E-state index contributed by atoms with van der Waals surface area (Å²) in [4.78, 5) is 12.9. The third-order valence-corrected chi connectivity index (χ3v) is 3.69. The maximum Gasteiger partial charge on any atom is 0.136 e. The van der Waals surface area contributed by atoms with Gasteiger partial charge in [0.2, 0.25) is 0 Å². The lowest BCUT2D eigenvalue weighted by molar-refractivity contribution is 0.273. The van der Waals surface area contributed by atoms with Gasteiger partial charge in [-0.2, -0.15) is 0 Å². The van der Waals surface area contributed by atoms with Crippen molar-refractivity contribution < 1.29 is 4.39 Å². The van der Waals surface area contributed by atoms with E-state index in [2.05, 4.69) is 9.97 Å². The van der Waals surface area contributed by atoms with Crippen LogP contribution in [-0.2, 0) is 0 Å². The monoisotopic (exact) mass is 286 g/mol. The highest BCUT2D eigenvalue weighted by atomic mass is 19.1. The number of hydrogen-bond donors (Lipinski definition) is 0. The van der Waals surface area contributed by atoms with Crippen molar-refractivity contribution in [3.8, 4) is 0 Å². The molecule has 2 aromatic rings. The second-order valence-corrected chi connectivity index (χ2v) is 5.61. The number of nitrogens with zero attached hydrogens (tertiary/aromatic N) is 4. The quantitative estimate of drug-likeness (QED) is 0.868. The molecule has 0 saturated carbocycles. The number of alkyl halides is 1. The second-order valence-electron chi connectivity index (χ2n) is 5.61. The zero-order chi connectivity index (χ0) is 15.0. The molecule has 2 aromatic heterocycles. The Labute approximate surface area is 124 Å². The largest absolute Gasteiger partial charge is 0.351 e. The summed E-state index contributed by atoms with van der Waals surface area (Å²) in [7, 11) is 1.95. The molecule has 0 N–H and O–H groups in total. The van der Waals surface area contributed by atoms with Gasteiger partial charge in [-0.25, -0.2) is 14.4 Å². The fourth-order valence-electron chi connectivity index (χ4n) is 2.40. The molecule has 3 rings (SSSR count). The summed E-state index contributed by atoms with van der Waals surface area (Å²) < 4.78 is 13.0. The Morgan fingerprint density at radius 2 is 1.86 bits per heavy atom. The Morgan fingerprint density at radius 3 is 2.52 bits per heavy atom. The topological polar surface area (TPSA) is 32.3 Å². The van der Waals surface area contributed by atoms with Crippen molar-refractivity contribution in [3.05, 3.63) is 41.6 Å². The molecule has 0 aliphatic carbocycles. The van der Waals surface area contributed by atoms with Crippen LogP contribution in [0.15, 0.2) is 30.5 Å². The van der Waals surface area contributed by atoms with Crippen LogP contribution < -0.4 is 9.80 Å². The maximum atomic E-state index is 13.0. The van der Waals surface area contributed by atoms with Gasteiger partial charge in [-0.3, -0.25) is 0 Å². The Morgan fingerprint density at radius 1 is 1.14 bits per heavy atom. The molecule has 1 saturated heterocycles. The molecule has 0 amide bonds. The average Bonchev–Trinajstić information content (AvgIpc) is 2.42. The molecule has 0 radical (unpaired) electrons. The van der Waals surface area contributed by atoms with Crippen LogP contribution in [0.5, 0.6) is 0 Å². The molecule has 0 spiro atoms. The van der Waals surface area contributed by atoms with Crippen molar-refractivity contribution in [2.75, 3.05) is 29.9 Å². The normalized spacial score (nSPS) is 15.0. The molecular formula is C16H19FN4. The van der Waals surface area contributed by atoms with E-state index < -0.39 is 6.17 Å². The van der Waals surface area contributed by atoms with E-state index in [1.807, 2.05) is 55.0 Å². The van der Waals surface area contributed by atoms with E-state index in [-0.39, 0.29) is 0 Å². The van der Waals surface area contributed by atoms with Crippen molar-refractivity contribution >= 4 is 17.5 Å². The fourth-order valence-corrected chi connectivity index (χ4v) is 2.40. The number of halogens is 1. The summed E-state index contributed by atoms with van der Waals surface area (Å²) in [5.41, 5.74) is 2.26. The van der Waals surface area contributed by atoms with E-state index >= 15 is 0 Å². The first kappa shape index (κ1) is 13.8. The van der Waals surface area contributed by atoms with Crippen LogP contribution in [0.2, 0.25) is 0 Å². The van der Waals surface area contributed by atoms with Crippen LogP contribution in [0.25, 0.3) is 0 Å². The van der Waals surface area contributed by atoms with E-state index in [9.17, 15) is 4.39 Å². The lowest BCUT2D eigenvalue weighted by atomic mass is 10.1. The van der Waals surface area contributed by atoms with Crippen LogP contribution in [0.3, 0.4) is 0 Å². The molecule has 0 aromatic carbocycles. The molecule has 0 bridgehead atoms. The van der Waals surface area contributed by atoms with Crippen molar-refractivity contribution in [3.63, 3.8) is 0 Å². The Hall–Kier alpha value is -2.17. The van der Waals surface area contributed by atoms with Gasteiger partial charge in [0.1, 0.15) is 23.6 Å². The minimum Gasteiger partial charge on any atom is -0.351 e. The van der Waals surface area contributed by atoms with E-state index in [4.69, 9.17) is 0 Å². The molecule has 110 valence electrons. The summed E-state index contributed by atoms with van der Waals surface area (Å²) in [5, 5.41) is 0. The highest BCUT2D eigenvalue weighted by molar-refractivity contribution is 5.60. The number of aryl methyl sites for hydroxylation is 2. The lowest BCUT2D eigenvalue weighted by Crippen LogP contribution is -2.48. The minimum atomic E-state index is -0.730. The second kappa shape index (κ2) is 5.31. The fraction of sp³-hybridized carbons (Fsp3) is 0.375. The van der Waals surface area contributed by atoms with Crippen LogP contribution in [0.4, 0.5) is 21.8 Å². The van der Waals surface area contributed by atoms with E-state index in [0.717, 1.165) is 28.6 Å². The van der Waals surface area contributed by atoms with Crippen molar-refractivity contribution in [2.45, 2.75) is 20.0 Å². The van der Waals surface area contributed by atoms with E-state index in [0.29, 0.717) is 13.1 Å². The van der Waals surface area contributed by atoms with Crippen LogP contribution >= 0.6 is 0 Å². The average molecular weight is 286 g/mol. The van der Waals surface area contributed by atoms with E-state index in [1.54, 1.807) is 6.20 Å². The molecule has 1 aliphatic heterocycles. The minimum absolute atomic E-state index is 0.433. The van der Waals surface area contributed by atoms with Gasteiger partial charge in [0.25, 0.3) is 0 Å². The lowest BCUT2D eigenvalue weighted by Gasteiger charge is -2.36. The first-order valence-electron chi connectivity index (χ1n) is 7.07. The van der Waals surface area contributed by atoms with Crippen LogP contribution in [-0.4, -0.2) is 36.3 Å². The molecule has 5 heteroatoms. The number of aromatic nitrogens is 2. The molecular weight excluding hydrogens is 267 g/mol. The van der Waals surface area contributed by atoms with Crippen molar-refractivity contribution in [1.29, 1.82) is 0 Å². The third-order valence-electron chi connectivity index (χ3n) is 3.69. The van der Waals surface area contributed by atoms with Gasteiger partial charge in [-0.1, -0.05) is 0 Å². The smallest absolute Gasteiger partial charge is 0.136 e. The highest BCUT2D eigenvalue weighted by Crippen LogP contribution is 2.27. The number of pyridine rings is 2.